The molecule has 158 valence electrons. The van der Waals surface area contributed by atoms with Gasteiger partial charge in [0.2, 0.25) is 0 Å². The minimum absolute atomic E-state index is 0.0300. The number of pyridine rings is 1. The first-order valence-corrected chi connectivity index (χ1v) is 8.96. The van der Waals surface area contributed by atoms with Crippen molar-refractivity contribution in [1.29, 1.82) is 0 Å². The Kier molecular flexibility index (Phi) is 5.71. The Morgan fingerprint density at radius 1 is 1.23 bits per heavy atom. The summed E-state index contributed by atoms with van der Waals surface area (Å²) in [6.07, 6.45) is -3.52. The van der Waals surface area contributed by atoms with E-state index in [4.69, 9.17) is 11.6 Å². The molecule has 0 radical (unpaired) electrons. The van der Waals surface area contributed by atoms with Crippen molar-refractivity contribution in [2.45, 2.75) is 26.2 Å². The molecular weight excluding hydrogens is 430 g/mol. The molecule has 30 heavy (non-hydrogen) atoms. The van der Waals surface area contributed by atoms with Gasteiger partial charge in [0.1, 0.15) is 11.4 Å². The van der Waals surface area contributed by atoms with Gasteiger partial charge in [0.25, 0.3) is 0 Å². The summed E-state index contributed by atoms with van der Waals surface area (Å²) in [6.45, 7) is 1.62. The number of aromatic carboxylic acids is 1. The third-order valence-corrected chi connectivity index (χ3v) is 4.67. The quantitative estimate of drug-likeness (QED) is 0.597. The molecule has 0 saturated heterocycles. The number of rotatable bonds is 5. The molecule has 3 aromatic rings. The summed E-state index contributed by atoms with van der Waals surface area (Å²) in [6, 6.07) is 5.32. The van der Waals surface area contributed by atoms with Gasteiger partial charge >= 0.3 is 12.1 Å². The fraction of sp³-hybridized carbons (Fsp3) is 0.211. The van der Waals surface area contributed by atoms with Gasteiger partial charge in [0.15, 0.2) is 11.1 Å². The van der Waals surface area contributed by atoms with Gasteiger partial charge in [-0.2, -0.15) is 18.3 Å². The number of carboxylic acid groups (broad SMARTS) is 1. The number of carbonyl (C=O) groups is 1. The Morgan fingerprint density at radius 3 is 2.47 bits per heavy atom. The first kappa shape index (κ1) is 21.6. The van der Waals surface area contributed by atoms with Crippen LogP contribution >= 0.6 is 11.6 Å². The molecule has 0 bridgehead atoms. The molecule has 11 heteroatoms. The van der Waals surface area contributed by atoms with Gasteiger partial charge in [-0.05, 0) is 31.2 Å². The van der Waals surface area contributed by atoms with Crippen molar-refractivity contribution in [2.75, 3.05) is 0 Å². The second-order valence-electron chi connectivity index (χ2n) is 6.30. The van der Waals surface area contributed by atoms with E-state index in [2.05, 4.69) is 5.10 Å². The van der Waals surface area contributed by atoms with E-state index in [0.29, 0.717) is 0 Å². The maximum atomic E-state index is 13.6. The van der Waals surface area contributed by atoms with Crippen molar-refractivity contribution in [1.82, 2.24) is 14.3 Å². The third kappa shape index (κ3) is 4.09. The summed E-state index contributed by atoms with van der Waals surface area (Å²) in [5.41, 5.74) is -2.13. The third-order valence-electron chi connectivity index (χ3n) is 4.38. The van der Waals surface area contributed by atoms with E-state index < -0.39 is 34.6 Å². The summed E-state index contributed by atoms with van der Waals surface area (Å²) in [7, 11) is 0. The van der Waals surface area contributed by atoms with Crippen LogP contribution in [0, 0.1) is 5.82 Å². The summed E-state index contributed by atoms with van der Waals surface area (Å²) in [5.74, 6) is -2.22. The lowest BCUT2D eigenvalue weighted by Crippen LogP contribution is -2.24. The highest BCUT2D eigenvalue weighted by Crippen LogP contribution is 2.29. The largest absolute Gasteiger partial charge is 0.477 e. The van der Waals surface area contributed by atoms with E-state index in [1.54, 1.807) is 6.92 Å². The smallest absolute Gasteiger partial charge is 0.435 e. The summed E-state index contributed by atoms with van der Waals surface area (Å²) in [4.78, 5) is 24.3. The van der Waals surface area contributed by atoms with Crippen LogP contribution < -0.4 is 5.43 Å². The molecule has 0 saturated carbocycles. The molecule has 3 rings (SSSR count). The van der Waals surface area contributed by atoms with Gasteiger partial charge < -0.3 is 9.67 Å². The maximum absolute atomic E-state index is 13.6. The van der Waals surface area contributed by atoms with Crippen molar-refractivity contribution in [3.63, 3.8) is 0 Å². The first-order chi connectivity index (χ1) is 14.0. The fourth-order valence-corrected chi connectivity index (χ4v) is 3.29. The van der Waals surface area contributed by atoms with Crippen LogP contribution in [0.15, 0.2) is 41.3 Å². The molecule has 0 atom stereocenters. The van der Waals surface area contributed by atoms with Crippen LogP contribution in [0.25, 0.3) is 11.3 Å². The molecular formula is C19H14ClF4N3O3. The number of nitrogens with zero attached hydrogens (tertiary/aromatic N) is 3. The molecule has 0 aliphatic heterocycles. The second-order valence-corrected chi connectivity index (χ2v) is 6.71. The lowest BCUT2D eigenvalue weighted by atomic mass is 10.0. The van der Waals surface area contributed by atoms with Crippen molar-refractivity contribution in [2.24, 2.45) is 0 Å². The van der Waals surface area contributed by atoms with Crippen LogP contribution in [0.4, 0.5) is 17.6 Å². The van der Waals surface area contributed by atoms with Crippen molar-refractivity contribution in [3.05, 3.63) is 74.5 Å². The molecule has 1 N–H and O–H groups in total. The zero-order valence-electron chi connectivity index (χ0n) is 15.4. The minimum atomic E-state index is -4.63. The van der Waals surface area contributed by atoms with Gasteiger partial charge in [-0.1, -0.05) is 11.6 Å². The van der Waals surface area contributed by atoms with Crippen molar-refractivity contribution < 1.29 is 27.5 Å². The van der Waals surface area contributed by atoms with Gasteiger partial charge in [-0.25, -0.2) is 9.18 Å². The minimum Gasteiger partial charge on any atom is -0.477 e. The molecule has 0 aliphatic carbocycles. The molecule has 0 aliphatic rings. The molecule has 0 spiro atoms. The van der Waals surface area contributed by atoms with E-state index in [1.165, 1.54) is 16.7 Å². The second kappa shape index (κ2) is 7.94. The molecule has 0 fully saturated rings. The SMILES string of the molecule is CCn1c(Cn2ccc(C(F)(F)F)n2)cc(=O)c(C(=O)O)c1-c1ccc(F)c(Cl)c1. The summed E-state index contributed by atoms with van der Waals surface area (Å²) in [5, 5.41) is 12.7. The Morgan fingerprint density at radius 2 is 1.93 bits per heavy atom. The van der Waals surface area contributed by atoms with E-state index in [9.17, 15) is 32.3 Å². The number of halogens is 5. The normalized spacial score (nSPS) is 11.7. The Bertz CT molecular complexity index is 1180. The first-order valence-electron chi connectivity index (χ1n) is 8.59. The number of carboxylic acids is 1. The standard InChI is InChI=1S/C19H14ClF4N3O3/c1-2-27-11(9-26-6-5-15(25-26)19(22,23)24)8-14(28)16(18(29)30)17(27)10-3-4-13(21)12(20)7-10/h3-8H,2,9H2,1H3,(H,29,30). The lowest BCUT2D eigenvalue weighted by Gasteiger charge is -2.20. The number of hydrogen-bond donors (Lipinski definition) is 1. The zero-order chi connectivity index (χ0) is 22.2. The molecule has 0 unspecified atom stereocenters. The Hall–Kier alpha value is -3.14. The predicted octanol–water partition coefficient (Wildman–Crippen LogP) is 4.29. The topological polar surface area (TPSA) is 77.1 Å². The van der Waals surface area contributed by atoms with Crippen LogP contribution in [0.1, 0.15) is 28.7 Å². The van der Waals surface area contributed by atoms with Crippen LogP contribution in [-0.4, -0.2) is 25.4 Å². The molecule has 0 amide bonds. The summed E-state index contributed by atoms with van der Waals surface area (Å²) >= 11 is 5.82. The average Bonchev–Trinajstić information content (AvgIpc) is 3.12. The Labute approximate surface area is 171 Å². The van der Waals surface area contributed by atoms with Gasteiger partial charge in [0, 0.05) is 30.1 Å². The van der Waals surface area contributed by atoms with Crippen LogP contribution in [0.5, 0.6) is 0 Å². The molecule has 2 heterocycles. The van der Waals surface area contributed by atoms with Crippen molar-refractivity contribution >= 4 is 17.6 Å². The zero-order valence-corrected chi connectivity index (χ0v) is 16.1. The maximum Gasteiger partial charge on any atom is 0.435 e. The Balaban J connectivity index is 2.21. The molecule has 6 nitrogen and oxygen atoms in total. The van der Waals surface area contributed by atoms with Gasteiger partial charge in [-0.15, -0.1) is 0 Å². The monoisotopic (exact) mass is 443 g/mol. The predicted molar refractivity (Wildman–Crippen MR) is 100 cm³/mol. The highest BCUT2D eigenvalue weighted by Gasteiger charge is 2.33. The van der Waals surface area contributed by atoms with Gasteiger partial charge in [0.05, 0.1) is 17.3 Å². The lowest BCUT2D eigenvalue weighted by molar-refractivity contribution is -0.141. The van der Waals surface area contributed by atoms with Crippen LogP contribution in [-0.2, 0) is 19.3 Å². The van der Waals surface area contributed by atoms with Gasteiger partial charge in [-0.3, -0.25) is 9.48 Å². The fourth-order valence-electron chi connectivity index (χ4n) is 3.11. The van der Waals surface area contributed by atoms with E-state index in [-0.39, 0.29) is 35.1 Å². The van der Waals surface area contributed by atoms with Crippen LogP contribution in [0.2, 0.25) is 5.02 Å². The van der Waals surface area contributed by atoms with E-state index in [1.807, 2.05) is 0 Å². The van der Waals surface area contributed by atoms with Crippen molar-refractivity contribution in [3.8, 4) is 11.3 Å². The highest BCUT2D eigenvalue weighted by molar-refractivity contribution is 6.31. The number of benzene rings is 1. The van der Waals surface area contributed by atoms with E-state index >= 15 is 0 Å². The van der Waals surface area contributed by atoms with E-state index in [0.717, 1.165) is 29.1 Å². The average molecular weight is 444 g/mol. The number of aromatic nitrogens is 3. The number of alkyl halides is 3. The van der Waals surface area contributed by atoms with Crippen LogP contribution in [0.3, 0.4) is 0 Å². The highest BCUT2D eigenvalue weighted by atomic mass is 35.5. The molecule has 1 aromatic carbocycles. The number of hydrogen-bond acceptors (Lipinski definition) is 3. The molecule has 2 aromatic heterocycles. The summed E-state index contributed by atoms with van der Waals surface area (Å²) < 4.78 is 54.4.